The van der Waals surface area contributed by atoms with E-state index in [1.54, 1.807) is 16.9 Å². The van der Waals surface area contributed by atoms with Crippen LogP contribution in [0.5, 0.6) is 0 Å². The van der Waals surface area contributed by atoms with Crippen molar-refractivity contribution in [3.8, 4) is 16.9 Å². The maximum Gasteiger partial charge on any atom is 0.155 e. The van der Waals surface area contributed by atoms with E-state index in [-0.39, 0.29) is 5.82 Å². The lowest BCUT2D eigenvalue weighted by molar-refractivity contribution is 0.631. The average Bonchev–Trinajstić information content (AvgIpc) is 3.27. The van der Waals surface area contributed by atoms with Gasteiger partial charge in [-0.05, 0) is 31.4 Å². The highest BCUT2D eigenvalue weighted by Crippen LogP contribution is 2.38. The van der Waals surface area contributed by atoms with Gasteiger partial charge in [0.2, 0.25) is 0 Å². The van der Waals surface area contributed by atoms with Crippen LogP contribution in [0, 0.1) is 18.7 Å². The Bertz CT molecular complexity index is 889. The summed E-state index contributed by atoms with van der Waals surface area (Å²) in [6.07, 6.45) is 4.76. The third-order valence-electron chi connectivity index (χ3n) is 4.81. The van der Waals surface area contributed by atoms with Crippen LogP contribution in [0.3, 0.4) is 0 Å². The first-order chi connectivity index (χ1) is 12.1. The molecule has 0 saturated carbocycles. The SMILES string of the molecule is Cc1nc(-n2cccn2)cc(N2CCC(C)C2)c1-c1ccccc1F. The van der Waals surface area contributed by atoms with E-state index < -0.39 is 0 Å². The molecule has 1 aromatic carbocycles. The zero-order valence-electron chi connectivity index (χ0n) is 14.5. The Hall–Kier alpha value is -2.69. The van der Waals surface area contributed by atoms with Gasteiger partial charge < -0.3 is 4.90 Å². The lowest BCUT2D eigenvalue weighted by atomic mass is 10.0. The normalized spacial score (nSPS) is 17.2. The van der Waals surface area contributed by atoms with Gasteiger partial charge in [-0.25, -0.2) is 14.1 Å². The van der Waals surface area contributed by atoms with Crippen LogP contribution in [0.25, 0.3) is 16.9 Å². The van der Waals surface area contributed by atoms with E-state index in [0.717, 1.165) is 42.3 Å². The minimum Gasteiger partial charge on any atom is -0.371 e. The standard InChI is InChI=1S/C20H21FN4/c1-14-8-11-24(13-14)18-12-19(25-10-5-9-22-25)23-15(2)20(18)16-6-3-4-7-17(16)21/h3-7,9-10,12,14H,8,11,13H2,1-2H3. The average molecular weight is 336 g/mol. The van der Waals surface area contributed by atoms with E-state index in [1.165, 1.54) is 6.07 Å². The highest BCUT2D eigenvalue weighted by Gasteiger charge is 2.25. The third kappa shape index (κ3) is 2.90. The highest BCUT2D eigenvalue weighted by atomic mass is 19.1. The van der Waals surface area contributed by atoms with Crippen LogP contribution in [0.2, 0.25) is 0 Å². The number of anilines is 1. The van der Waals surface area contributed by atoms with Gasteiger partial charge in [0.1, 0.15) is 5.82 Å². The quantitative estimate of drug-likeness (QED) is 0.718. The van der Waals surface area contributed by atoms with Gasteiger partial charge in [0.05, 0.1) is 5.69 Å². The number of nitrogens with zero attached hydrogens (tertiary/aromatic N) is 4. The fourth-order valence-electron chi connectivity index (χ4n) is 3.56. The Balaban J connectivity index is 1.92. The first kappa shape index (κ1) is 15.8. The van der Waals surface area contributed by atoms with Crippen molar-refractivity contribution in [3.05, 3.63) is 60.3 Å². The second-order valence-corrected chi connectivity index (χ2v) is 6.73. The molecular formula is C20H21FN4. The molecule has 1 fully saturated rings. The van der Waals surface area contributed by atoms with Crippen molar-refractivity contribution >= 4 is 5.69 Å². The molecule has 1 saturated heterocycles. The Morgan fingerprint density at radius 1 is 1.20 bits per heavy atom. The topological polar surface area (TPSA) is 34.0 Å². The Labute approximate surface area is 146 Å². The number of halogens is 1. The summed E-state index contributed by atoms with van der Waals surface area (Å²) in [7, 11) is 0. The molecule has 1 aliphatic rings. The molecule has 0 radical (unpaired) electrons. The molecule has 5 heteroatoms. The first-order valence-corrected chi connectivity index (χ1v) is 8.65. The molecule has 0 bridgehead atoms. The van der Waals surface area contributed by atoms with Gasteiger partial charge >= 0.3 is 0 Å². The fourth-order valence-corrected chi connectivity index (χ4v) is 3.56. The van der Waals surface area contributed by atoms with Crippen molar-refractivity contribution in [3.63, 3.8) is 0 Å². The van der Waals surface area contributed by atoms with Crippen LogP contribution in [0.4, 0.5) is 10.1 Å². The van der Waals surface area contributed by atoms with Crippen molar-refractivity contribution < 1.29 is 4.39 Å². The minimum atomic E-state index is -0.215. The largest absolute Gasteiger partial charge is 0.371 e. The van der Waals surface area contributed by atoms with E-state index >= 15 is 0 Å². The lowest BCUT2D eigenvalue weighted by Gasteiger charge is -2.24. The number of benzene rings is 1. The highest BCUT2D eigenvalue weighted by molar-refractivity contribution is 5.82. The molecule has 3 heterocycles. The van der Waals surface area contributed by atoms with Crippen molar-refractivity contribution in [1.82, 2.24) is 14.8 Å². The van der Waals surface area contributed by atoms with Gasteiger partial charge in [0.15, 0.2) is 5.82 Å². The molecular weight excluding hydrogens is 315 g/mol. The Morgan fingerprint density at radius 3 is 2.72 bits per heavy atom. The predicted octanol–water partition coefficient (Wildman–Crippen LogP) is 4.23. The first-order valence-electron chi connectivity index (χ1n) is 8.65. The molecule has 1 atom stereocenters. The van der Waals surface area contributed by atoms with Gasteiger partial charge in [-0.3, -0.25) is 0 Å². The summed E-state index contributed by atoms with van der Waals surface area (Å²) in [6, 6.07) is 10.8. The van der Waals surface area contributed by atoms with Gasteiger partial charge in [-0.1, -0.05) is 25.1 Å². The van der Waals surface area contributed by atoms with Crippen molar-refractivity contribution in [1.29, 1.82) is 0 Å². The van der Waals surface area contributed by atoms with E-state index in [4.69, 9.17) is 4.98 Å². The van der Waals surface area contributed by atoms with Crippen LogP contribution >= 0.6 is 0 Å². The maximum atomic E-state index is 14.5. The zero-order chi connectivity index (χ0) is 17.4. The second kappa shape index (κ2) is 6.31. The van der Waals surface area contributed by atoms with Gasteiger partial charge in [0.25, 0.3) is 0 Å². The van der Waals surface area contributed by atoms with E-state index in [9.17, 15) is 4.39 Å². The molecule has 3 aromatic rings. The molecule has 1 unspecified atom stereocenters. The number of aromatic nitrogens is 3. The summed E-state index contributed by atoms with van der Waals surface area (Å²) in [4.78, 5) is 7.03. The zero-order valence-corrected chi connectivity index (χ0v) is 14.5. The van der Waals surface area contributed by atoms with Crippen LogP contribution in [0.1, 0.15) is 19.0 Å². The van der Waals surface area contributed by atoms with Gasteiger partial charge in [-0.2, -0.15) is 5.10 Å². The summed E-state index contributed by atoms with van der Waals surface area (Å²) in [5.74, 6) is 1.18. The van der Waals surface area contributed by atoms with Gasteiger partial charge in [0, 0.05) is 48.4 Å². The third-order valence-corrected chi connectivity index (χ3v) is 4.81. The molecule has 0 spiro atoms. The number of hydrogen-bond acceptors (Lipinski definition) is 3. The Kier molecular flexibility index (Phi) is 3.99. The smallest absolute Gasteiger partial charge is 0.155 e. The number of rotatable bonds is 3. The molecule has 4 rings (SSSR count). The molecule has 0 N–H and O–H groups in total. The Morgan fingerprint density at radius 2 is 2.04 bits per heavy atom. The minimum absolute atomic E-state index is 0.215. The summed E-state index contributed by atoms with van der Waals surface area (Å²) >= 11 is 0. The molecule has 0 amide bonds. The molecule has 0 aliphatic carbocycles. The fraction of sp³-hybridized carbons (Fsp3) is 0.300. The van der Waals surface area contributed by atoms with Crippen molar-refractivity contribution in [2.24, 2.45) is 5.92 Å². The molecule has 1 aliphatic heterocycles. The second-order valence-electron chi connectivity index (χ2n) is 6.73. The molecule has 25 heavy (non-hydrogen) atoms. The van der Waals surface area contributed by atoms with Crippen molar-refractivity contribution in [2.75, 3.05) is 18.0 Å². The molecule has 128 valence electrons. The summed E-state index contributed by atoms with van der Waals surface area (Å²) < 4.78 is 16.3. The number of aryl methyl sites for hydroxylation is 1. The van der Waals surface area contributed by atoms with Crippen LogP contribution in [-0.2, 0) is 0 Å². The predicted molar refractivity (Wildman–Crippen MR) is 97.5 cm³/mol. The molecule has 2 aromatic heterocycles. The monoisotopic (exact) mass is 336 g/mol. The van der Waals surface area contributed by atoms with E-state index in [1.807, 2.05) is 37.4 Å². The van der Waals surface area contributed by atoms with Gasteiger partial charge in [-0.15, -0.1) is 0 Å². The summed E-state index contributed by atoms with van der Waals surface area (Å²) in [6.45, 7) is 6.15. The van der Waals surface area contributed by atoms with Crippen molar-refractivity contribution in [2.45, 2.75) is 20.3 Å². The maximum absolute atomic E-state index is 14.5. The van der Waals surface area contributed by atoms with Crippen LogP contribution in [0.15, 0.2) is 48.8 Å². The van der Waals surface area contributed by atoms with E-state index in [0.29, 0.717) is 11.5 Å². The summed E-state index contributed by atoms with van der Waals surface area (Å²) in [5.41, 5.74) is 3.33. The lowest BCUT2D eigenvalue weighted by Crippen LogP contribution is -2.21. The molecule has 4 nitrogen and oxygen atoms in total. The number of pyridine rings is 1. The number of hydrogen-bond donors (Lipinski definition) is 0. The van der Waals surface area contributed by atoms with Crippen LogP contribution in [-0.4, -0.2) is 27.9 Å². The summed E-state index contributed by atoms with van der Waals surface area (Å²) in [5, 5.41) is 4.29. The van der Waals surface area contributed by atoms with E-state index in [2.05, 4.69) is 16.9 Å². The van der Waals surface area contributed by atoms with Crippen LogP contribution < -0.4 is 4.90 Å².